The quantitative estimate of drug-likeness (QED) is 0.641. The fourth-order valence-corrected chi connectivity index (χ4v) is 5.29. The number of halogens is 1. The second-order valence-corrected chi connectivity index (χ2v) is 9.32. The Bertz CT molecular complexity index is 1090. The van der Waals surface area contributed by atoms with E-state index in [0.29, 0.717) is 19.0 Å². The highest BCUT2D eigenvalue weighted by atomic mass is 32.2. The maximum atomic E-state index is 13.5. The van der Waals surface area contributed by atoms with Crippen molar-refractivity contribution in [3.05, 3.63) is 66.5 Å². The second kappa shape index (κ2) is 8.04. The SMILES string of the molecule is Cc1cnc(-c2cccnc2)n1CC1CCN(S(=O)(=O)c2cccc(F)c2)CC1. The van der Waals surface area contributed by atoms with Crippen LogP contribution in [0.15, 0.2) is 59.9 Å². The van der Waals surface area contributed by atoms with Gasteiger partial charge in [0, 0.05) is 49.5 Å². The third-order valence-electron chi connectivity index (χ3n) is 5.42. The molecule has 1 aliphatic heterocycles. The molecule has 6 nitrogen and oxygen atoms in total. The van der Waals surface area contributed by atoms with E-state index in [1.165, 1.54) is 22.5 Å². The number of sulfonamides is 1. The van der Waals surface area contributed by atoms with Crippen LogP contribution in [-0.2, 0) is 16.6 Å². The van der Waals surface area contributed by atoms with Crippen LogP contribution in [0.1, 0.15) is 18.5 Å². The molecule has 0 amide bonds. The molecule has 4 rings (SSSR count). The number of piperidine rings is 1. The molecule has 0 saturated carbocycles. The minimum Gasteiger partial charge on any atom is -0.328 e. The Morgan fingerprint density at radius 3 is 2.62 bits per heavy atom. The largest absolute Gasteiger partial charge is 0.328 e. The van der Waals surface area contributed by atoms with Crippen LogP contribution in [0.5, 0.6) is 0 Å². The first kappa shape index (κ1) is 19.7. The van der Waals surface area contributed by atoms with Gasteiger partial charge in [0.05, 0.1) is 4.90 Å². The number of imidazole rings is 1. The monoisotopic (exact) mass is 414 g/mol. The summed E-state index contributed by atoms with van der Waals surface area (Å²) in [6.45, 7) is 3.67. The molecule has 1 aromatic carbocycles. The molecule has 8 heteroatoms. The van der Waals surface area contributed by atoms with Crippen LogP contribution >= 0.6 is 0 Å². The van der Waals surface area contributed by atoms with Gasteiger partial charge in [-0.15, -0.1) is 0 Å². The minimum atomic E-state index is -3.66. The van der Waals surface area contributed by atoms with Gasteiger partial charge in [0.25, 0.3) is 0 Å². The highest BCUT2D eigenvalue weighted by molar-refractivity contribution is 7.89. The number of nitrogens with zero attached hydrogens (tertiary/aromatic N) is 4. The van der Waals surface area contributed by atoms with Crippen LogP contribution < -0.4 is 0 Å². The predicted molar refractivity (Wildman–Crippen MR) is 108 cm³/mol. The van der Waals surface area contributed by atoms with Crippen molar-refractivity contribution in [1.29, 1.82) is 0 Å². The van der Waals surface area contributed by atoms with Crippen LogP contribution in [0, 0.1) is 18.7 Å². The summed E-state index contributed by atoms with van der Waals surface area (Å²) in [6.07, 6.45) is 6.88. The van der Waals surface area contributed by atoms with Crippen LogP contribution in [0.4, 0.5) is 4.39 Å². The predicted octanol–water partition coefficient (Wildman–Crippen LogP) is 3.49. The number of hydrogen-bond donors (Lipinski definition) is 0. The van der Waals surface area contributed by atoms with E-state index < -0.39 is 15.8 Å². The molecule has 0 unspecified atom stereocenters. The van der Waals surface area contributed by atoms with Crippen molar-refractivity contribution in [3.8, 4) is 11.4 Å². The van der Waals surface area contributed by atoms with Gasteiger partial charge >= 0.3 is 0 Å². The Hall–Kier alpha value is -2.58. The lowest BCUT2D eigenvalue weighted by Crippen LogP contribution is -2.39. The Kier molecular flexibility index (Phi) is 5.47. The van der Waals surface area contributed by atoms with Crippen molar-refractivity contribution in [1.82, 2.24) is 18.8 Å². The van der Waals surface area contributed by atoms with Crippen LogP contribution in [0.3, 0.4) is 0 Å². The minimum absolute atomic E-state index is 0.0141. The van der Waals surface area contributed by atoms with E-state index in [-0.39, 0.29) is 4.90 Å². The molecule has 1 saturated heterocycles. The number of benzene rings is 1. The lowest BCUT2D eigenvalue weighted by molar-refractivity contribution is 0.252. The Balaban J connectivity index is 1.46. The average Bonchev–Trinajstić information content (AvgIpc) is 3.09. The molecular weight excluding hydrogens is 391 g/mol. The topological polar surface area (TPSA) is 68.1 Å². The van der Waals surface area contributed by atoms with Gasteiger partial charge in [0.15, 0.2) is 0 Å². The van der Waals surface area contributed by atoms with Gasteiger partial charge in [0.2, 0.25) is 10.0 Å². The summed E-state index contributed by atoms with van der Waals surface area (Å²) in [4.78, 5) is 8.73. The first-order valence-electron chi connectivity index (χ1n) is 9.63. The molecule has 0 radical (unpaired) electrons. The standard InChI is InChI=1S/C21H23FN4O2S/c1-16-13-24-21(18-4-3-9-23-14-18)26(16)15-17-7-10-25(11-8-17)29(27,28)20-6-2-5-19(22)12-20/h2-6,9,12-14,17H,7-8,10-11,15H2,1H3. The van der Waals surface area contributed by atoms with Gasteiger partial charge in [-0.2, -0.15) is 4.31 Å². The molecule has 3 aromatic rings. The zero-order chi connectivity index (χ0) is 20.4. The first-order valence-corrected chi connectivity index (χ1v) is 11.1. The molecule has 0 atom stereocenters. The van der Waals surface area contributed by atoms with Crippen LogP contribution in [0.25, 0.3) is 11.4 Å². The number of rotatable bonds is 5. The fourth-order valence-electron chi connectivity index (χ4n) is 3.78. The van der Waals surface area contributed by atoms with Crippen LogP contribution in [0.2, 0.25) is 0 Å². The molecule has 1 fully saturated rings. The lowest BCUT2D eigenvalue weighted by atomic mass is 9.98. The fraction of sp³-hybridized carbons (Fsp3) is 0.333. The van der Waals surface area contributed by atoms with Gasteiger partial charge in [-0.3, -0.25) is 4.98 Å². The van der Waals surface area contributed by atoms with Gasteiger partial charge in [0.1, 0.15) is 11.6 Å². The van der Waals surface area contributed by atoms with Gasteiger partial charge in [-0.25, -0.2) is 17.8 Å². The summed E-state index contributed by atoms with van der Waals surface area (Å²) in [5.41, 5.74) is 2.03. The highest BCUT2D eigenvalue weighted by Crippen LogP contribution is 2.27. The van der Waals surface area contributed by atoms with Crippen molar-refractivity contribution >= 4 is 10.0 Å². The first-order chi connectivity index (χ1) is 13.9. The number of pyridine rings is 1. The molecule has 0 aliphatic carbocycles. The average molecular weight is 415 g/mol. The molecule has 1 aliphatic rings. The maximum Gasteiger partial charge on any atom is 0.243 e. The zero-order valence-corrected chi connectivity index (χ0v) is 17.0. The highest BCUT2D eigenvalue weighted by Gasteiger charge is 2.30. The Morgan fingerprint density at radius 2 is 1.93 bits per heavy atom. The normalized spacial score (nSPS) is 16.2. The molecule has 2 aromatic heterocycles. The molecule has 3 heterocycles. The van der Waals surface area contributed by atoms with Crippen molar-refractivity contribution < 1.29 is 12.8 Å². The molecule has 152 valence electrons. The molecule has 0 bridgehead atoms. The number of hydrogen-bond acceptors (Lipinski definition) is 4. The third-order valence-corrected chi connectivity index (χ3v) is 7.32. The second-order valence-electron chi connectivity index (χ2n) is 7.38. The van der Waals surface area contributed by atoms with Crippen molar-refractivity contribution in [2.75, 3.05) is 13.1 Å². The van der Waals surface area contributed by atoms with Gasteiger partial charge in [-0.05, 0) is 56.0 Å². The van der Waals surface area contributed by atoms with E-state index in [4.69, 9.17) is 0 Å². The summed E-state index contributed by atoms with van der Waals surface area (Å²) in [6, 6.07) is 9.07. The van der Waals surface area contributed by atoms with E-state index in [9.17, 15) is 12.8 Å². The number of aryl methyl sites for hydroxylation is 1. The van der Waals surface area contributed by atoms with E-state index in [0.717, 1.165) is 42.5 Å². The summed E-state index contributed by atoms with van der Waals surface area (Å²) < 4.78 is 42.7. The smallest absolute Gasteiger partial charge is 0.243 e. The summed E-state index contributed by atoms with van der Waals surface area (Å²) >= 11 is 0. The maximum absolute atomic E-state index is 13.5. The summed E-state index contributed by atoms with van der Waals surface area (Å²) in [7, 11) is -3.66. The lowest BCUT2D eigenvalue weighted by Gasteiger charge is -2.32. The number of aromatic nitrogens is 3. The molecule has 0 N–H and O–H groups in total. The molecular formula is C21H23FN4O2S. The summed E-state index contributed by atoms with van der Waals surface area (Å²) in [5.74, 6) is 0.683. The Morgan fingerprint density at radius 1 is 1.14 bits per heavy atom. The van der Waals surface area contributed by atoms with Crippen molar-refractivity contribution in [3.63, 3.8) is 0 Å². The van der Waals surface area contributed by atoms with Gasteiger partial charge < -0.3 is 4.57 Å². The molecule has 29 heavy (non-hydrogen) atoms. The van der Waals surface area contributed by atoms with E-state index in [2.05, 4.69) is 14.5 Å². The van der Waals surface area contributed by atoms with Crippen LogP contribution in [-0.4, -0.2) is 40.3 Å². The van der Waals surface area contributed by atoms with Gasteiger partial charge in [-0.1, -0.05) is 6.07 Å². The van der Waals surface area contributed by atoms with E-state index in [1.807, 2.05) is 25.3 Å². The van der Waals surface area contributed by atoms with E-state index >= 15 is 0 Å². The summed E-state index contributed by atoms with van der Waals surface area (Å²) in [5, 5.41) is 0. The van der Waals surface area contributed by atoms with Crippen molar-refractivity contribution in [2.45, 2.75) is 31.2 Å². The Labute approximate surface area is 170 Å². The molecule has 0 spiro atoms. The van der Waals surface area contributed by atoms with E-state index in [1.54, 1.807) is 12.4 Å². The zero-order valence-electron chi connectivity index (χ0n) is 16.2. The van der Waals surface area contributed by atoms with Crippen molar-refractivity contribution in [2.24, 2.45) is 5.92 Å². The third kappa shape index (κ3) is 4.09.